The number of benzene rings is 1. The van der Waals surface area contributed by atoms with Crippen LogP contribution < -0.4 is 10.2 Å². The lowest BCUT2D eigenvalue weighted by Gasteiger charge is -2.38. The lowest BCUT2D eigenvalue weighted by Crippen LogP contribution is -2.55. The molecule has 0 atom stereocenters. The van der Waals surface area contributed by atoms with Crippen LogP contribution in [0.2, 0.25) is 0 Å². The van der Waals surface area contributed by atoms with E-state index in [1.54, 1.807) is 11.8 Å². The van der Waals surface area contributed by atoms with Gasteiger partial charge in [0.2, 0.25) is 0 Å². The number of piperazine rings is 1. The van der Waals surface area contributed by atoms with Crippen molar-refractivity contribution in [3.05, 3.63) is 29.8 Å². The fourth-order valence-electron chi connectivity index (χ4n) is 3.60. The number of ether oxygens (including phenoxy) is 1. The molecule has 0 unspecified atom stereocenters. The molecule has 8 heteroatoms. The van der Waals surface area contributed by atoms with Gasteiger partial charge in [0.15, 0.2) is 0 Å². The number of nitrogens with zero attached hydrogens (tertiary/aromatic N) is 4. The number of likely N-dealkylation sites (tertiary alicyclic amines) is 1. The van der Waals surface area contributed by atoms with Gasteiger partial charge in [0.25, 0.3) is 0 Å². The van der Waals surface area contributed by atoms with E-state index in [1.165, 1.54) is 0 Å². The highest BCUT2D eigenvalue weighted by atomic mass is 16.6. The quantitative estimate of drug-likeness (QED) is 0.860. The molecule has 150 valence electrons. The number of amides is 3. The van der Waals surface area contributed by atoms with Gasteiger partial charge in [0, 0.05) is 51.0 Å². The Bertz CT molecular complexity index is 714. The maximum atomic E-state index is 12.6. The number of anilines is 1. The number of hydrogen-bond donors (Lipinski definition) is 1. The van der Waals surface area contributed by atoms with Crippen molar-refractivity contribution in [2.24, 2.45) is 0 Å². The lowest BCUT2D eigenvalue weighted by atomic mass is 10.1. The van der Waals surface area contributed by atoms with Crippen molar-refractivity contribution < 1.29 is 14.3 Å². The zero-order valence-corrected chi connectivity index (χ0v) is 16.3. The van der Waals surface area contributed by atoms with E-state index >= 15 is 0 Å². The minimum Gasteiger partial charge on any atom is -0.450 e. The topological polar surface area (TPSA) is 88.9 Å². The lowest BCUT2D eigenvalue weighted by molar-refractivity contribution is 0.0950. The predicted molar refractivity (Wildman–Crippen MR) is 105 cm³/mol. The summed E-state index contributed by atoms with van der Waals surface area (Å²) in [6.45, 7) is 6.24. The van der Waals surface area contributed by atoms with Crippen molar-refractivity contribution in [2.75, 3.05) is 50.8 Å². The van der Waals surface area contributed by atoms with Crippen molar-refractivity contribution >= 4 is 17.8 Å². The molecule has 2 saturated heterocycles. The molecule has 2 heterocycles. The number of carbonyl (C=O) groups excluding carboxylic acids is 2. The maximum Gasteiger partial charge on any atom is 0.409 e. The number of nitriles is 1. The SMILES string of the molecule is CCOC(=O)N1CCC(NC(=O)N2CCN(c3ccc(C#N)cc3)CC2)CC1. The van der Waals surface area contributed by atoms with Crippen molar-refractivity contribution in [3.63, 3.8) is 0 Å². The van der Waals surface area contributed by atoms with Crippen LogP contribution >= 0.6 is 0 Å². The van der Waals surface area contributed by atoms with Crippen molar-refractivity contribution in [3.8, 4) is 6.07 Å². The molecular formula is C20H27N5O3. The molecule has 2 fully saturated rings. The first-order chi connectivity index (χ1) is 13.6. The molecule has 3 rings (SSSR count). The van der Waals surface area contributed by atoms with Crippen LogP contribution in [0.25, 0.3) is 0 Å². The molecule has 0 bridgehead atoms. The van der Waals surface area contributed by atoms with Crippen molar-refractivity contribution in [1.29, 1.82) is 5.26 Å². The van der Waals surface area contributed by atoms with E-state index in [0.29, 0.717) is 38.3 Å². The van der Waals surface area contributed by atoms with E-state index in [9.17, 15) is 9.59 Å². The Morgan fingerprint density at radius 1 is 1.07 bits per heavy atom. The zero-order valence-electron chi connectivity index (χ0n) is 16.3. The van der Waals surface area contributed by atoms with Crippen LogP contribution in [0.4, 0.5) is 15.3 Å². The van der Waals surface area contributed by atoms with Gasteiger partial charge in [-0.25, -0.2) is 9.59 Å². The standard InChI is InChI=1S/C20H27N5O3/c1-2-28-20(27)25-9-7-17(8-10-25)22-19(26)24-13-11-23(12-14-24)18-5-3-16(15-21)4-6-18/h3-6,17H,2,7-14H2,1H3,(H,22,26). The van der Waals surface area contributed by atoms with Gasteiger partial charge in [-0.3, -0.25) is 0 Å². The molecule has 28 heavy (non-hydrogen) atoms. The minimum atomic E-state index is -0.272. The third-order valence-corrected chi connectivity index (χ3v) is 5.28. The molecule has 0 spiro atoms. The van der Waals surface area contributed by atoms with Crippen LogP contribution in [-0.2, 0) is 4.74 Å². The van der Waals surface area contributed by atoms with E-state index in [2.05, 4.69) is 16.3 Å². The molecule has 1 aromatic carbocycles. The normalized spacial score (nSPS) is 17.8. The molecule has 0 radical (unpaired) electrons. The highest BCUT2D eigenvalue weighted by molar-refractivity contribution is 5.75. The van der Waals surface area contributed by atoms with Gasteiger partial charge in [-0.05, 0) is 44.0 Å². The first-order valence-electron chi connectivity index (χ1n) is 9.83. The van der Waals surface area contributed by atoms with E-state index in [1.807, 2.05) is 29.2 Å². The third kappa shape index (κ3) is 4.85. The average Bonchev–Trinajstić information content (AvgIpc) is 2.74. The van der Waals surface area contributed by atoms with Crippen LogP contribution in [0.3, 0.4) is 0 Å². The van der Waals surface area contributed by atoms with Crippen molar-refractivity contribution in [1.82, 2.24) is 15.1 Å². The summed E-state index contributed by atoms with van der Waals surface area (Å²) in [5.41, 5.74) is 1.72. The first kappa shape index (κ1) is 19.8. The molecular weight excluding hydrogens is 358 g/mol. The summed E-state index contributed by atoms with van der Waals surface area (Å²) in [6, 6.07) is 9.72. The predicted octanol–water partition coefficient (Wildman–Crippen LogP) is 2.01. The minimum absolute atomic E-state index is 0.0333. The third-order valence-electron chi connectivity index (χ3n) is 5.28. The Kier molecular flexibility index (Phi) is 6.58. The Labute approximate surface area is 165 Å². The van der Waals surface area contributed by atoms with E-state index in [-0.39, 0.29) is 18.2 Å². The van der Waals surface area contributed by atoms with Crippen LogP contribution in [0.15, 0.2) is 24.3 Å². The number of urea groups is 1. The Balaban J connectivity index is 1.42. The van der Waals surface area contributed by atoms with Gasteiger partial charge in [-0.2, -0.15) is 5.26 Å². The molecule has 0 saturated carbocycles. The van der Waals surface area contributed by atoms with Crippen LogP contribution in [0.1, 0.15) is 25.3 Å². The highest BCUT2D eigenvalue weighted by Gasteiger charge is 2.27. The Morgan fingerprint density at radius 3 is 2.29 bits per heavy atom. The van der Waals surface area contributed by atoms with Crippen LogP contribution in [-0.4, -0.2) is 73.8 Å². The number of hydrogen-bond acceptors (Lipinski definition) is 5. The summed E-state index contributed by atoms with van der Waals surface area (Å²) in [4.78, 5) is 30.1. The zero-order chi connectivity index (χ0) is 19.9. The second-order valence-electron chi connectivity index (χ2n) is 7.04. The summed E-state index contributed by atoms with van der Waals surface area (Å²) in [5.74, 6) is 0. The highest BCUT2D eigenvalue weighted by Crippen LogP contribution is 2.18. The molecule has 2 aliphatic heterocycles. The maximum absolute atomic E-state index is 12.6. The number of nitrogens with one attached hydrogen (secondary N) is 1. The number of piperidine rings is 1. The summed E-state index contributed by atoms with van der Waals surface area (Å²) in [7, 11) is 0. The number of carbonyl (C=O) groups is 2. The van der Waals surface area contributed by atoms with Gasteiger partial charge in [0.05, 0.1) is 18.2 Å². The average molecular weight is 385 g/mol. The fourth-order valence-corrected chi connectivity index (χ4v) is 3.60. The monoisotopic (exact) mass is 385 g/mol. The number of rotatable bonds is 3. The van der Waals surface area contributed by atoms with Crippen molar-refractivity contribution in [2.45, 2.75) is 25.8 Å². The van der Waals surface area contributed by atoms with E-state index in [4.69, 9.17) is 10.00 Å². The molecule has 2 aliphatic rings. The summed E-state index contributed by atoms with van der Waals surface area (Å²) in [5, 5.41) is 12.0. The fraction of sp³-hybridized carbons (Fsp3) is 0.550. The Hall–Kier alpha value is -2.95. The summed E-state index contributed by atoms with van der Waals surface area (Å²) >= 11 is 0. The van der Waals surface area contributed by atoms with Gasteiger partial charge in [0.1, 0.15) is 0 Å². The van der Waals surface area contributed by atoms with Crippen LogP contribution in [0.5, 0.6) is 0 Å². The molecule has 1 aromatic rings. The van der Waals surface area contributed by atoms with Gasteiger partial charge >= 0.3 is 12.1 Å². The van der Waals surface area contributed by atoms with Gasteiger partial charge in [-0.1, -0.05) is 0 Å². The first-order valence-corrected chi connectivity index (χ1v) is 9.83. The largest absolute Gasteiger partial charge is 0.450 e. The van der Waals surface area contributed by atoms with Gasteiger partial charge in [-0.15, -0.1) is 0 Å². The van der Waals surface area contributed by atoms with Crippen LogP contribution in [0, 0.1) is 11.3 Å². The second kappa shape index (κ2) is 9.31. The van der Waals surface area contributed by atoms with E-state index < -0.39 is 0 Å². The molecule has 0 aliphatic carbocycles. The Morgan fingerprint density at radius 2 is 1.71 bits per heavy atom. The molecule has 0 aromatic heterocycles. The molecule has 3 amide bonds. The summed E-state index contributed by atoms with van der Waals surface area (Å²) < 4.78 is 5.02. The smallest absolute Gasteiger partial charge is 0.409 e. The molecule has 1 N–H and O–H groups in total. The molecule has 8 nitrogen and oxygen atoms in total. The van der Waals surface area contributed by atoms with E-state index in [0.717, 1.165) is 31.6 Å². The second-order valence-corrected chi connectivity index (χ2v) is 7.04. The summed E-state index contributed by atoms with van der Waals surface area (Å²) in [6.07, 6.45) is 1.22. The van der Waals surface area contributed by atoms with Gasteiger partial charge < -0.3 is 24.8 Å².